The molecule has 0 aromatic heterocycles. The van der Waals surface area contributed by atoms with Gasteiger partial charge in [0.05, 0.1) is 7.11 Å². The maximum atomic E-state index is 11.6. The molecule has 0 aliphatic carbocycles. The van der Waals surface area contributed by atoms with Crippen LogP contribution in [0.5, 0.6) is 0 Å². The van der Waals surface area contributed by atoms with E-state index in [-0.39, 0.29) is 5.97 Å². The molecule has 1 unspecified atom stereocenters. The van der Waals surface area contributed by atoms with Crippen molar-refractivity contribution in [1.29, 1.82) is 0 Å². The largest absolute Gasteiger partial charge is 0.468 e. The number of ether oxygens (including phenoxy) is 1. The second-order valence-electron chi connectivity index (χ2n) is 3.82. The topological polar surface area (TPSA) is 38.3 Å². The van der Waals surface area contributed by atoms with Gasteiger partial charge in [0.1, 0.15) is 5.54 Å². The summed E-state index contributed by atoms with van der Waals surface area (Å²) in [6.45, 7) is 1.82. The summed E-state index contributed by atoms with van der Waals surface area (Å²) in [6.07, 6.45) is 0. The quantitative estimate of drug-likeness (QED) is 0.661. The average Bonchev–Trinajstić information content (AvgIpc) is 2.35. The predicted octanol–water partition coefficient (Wildman–Crippen LogP) is 2.58. The highest BCUT2D eigenvalue weighted by Gasteiger charge is 2.32. The highest BCUT2D eigenvalue weighted by Crippen LogP contribution is 2.25. The Balaban J connectivity index is 2.68. The van der Waals surface area contributed by atoms with Crippen molar-refractivity contribution in [2.45, 2.75) is 17.4 Å². The van der Waals surface area contributed by atoms with E-state index in [1.54, 1.807) is 18.8 Å². The van der Waals surface area contributed by atoms with Crippen LogP contribution in [0.4, 0.5) is 0 Å². The number of benzene rings is 1. The van der Waals surface area contributed by atoms with Crippen molar-refractivity contribution >= 4 is 29.3 Å². The monoisotopic (exact) mass is 273 g/mol. The maximum absolute atomic E-state index is 11.6. The lowest BCUT2D eigenvalue weighted by Crippen LogP contribution is -2.50. The lowest BCUT2D eigenvalue weighted by molar-refractivity contribution is -0.146. The minimum Gasteiger partial charge on any atom is -0.468 e. The van der Waals surface area contributed by atoms with Gasteiger partial charge in [-0.1, -0.05) is 17.7 Å². The van der Waals surface area contributed by atoms with Crippen molar-refractivity contribution in [3.05, 3.63) is 29.3 Å². The van der Waals surface area contributed by atoms with Crippen LogP contribution in [0.15, 0.2) is 29.2 Å². The van der Waals surface area contributed by atoms with E-state index in [9.17, 15) is 4.79 Å². The summed E-state index contributed by atoms with van der Waals surface area (Å²) in [5.74, 6) is 0.311. The predicted molar refractivity (Wildman–Crippen MR) is 71.7 cm³/mol. The molecule has 0 radical (unpaired) electrons. The molecule has 0 aliphatic rings. The van der Waals surface area contributed by atoms with Crippen molar-refractivity contribution in [2.24, 2.45) is 0 Å². The van der Waals surface area contributed by atoms with Gasteiger partial charge in [0.2, 0.25) is 0 Å². The maximum Gasteiger partial charge on any atom is 0.326 e. The van der Waals surface area contributed by atoms with E-state index in [0.717, 1.165) is 4.90 Å². The number of hydrogen-bond donors (Lipinski definition) is 1. The second-order valence-corrected chi connectivity index (χ2v) is 5.30. The number of methoxy groups -OCH3 is 1. The van der Waals surface area contributed by atoms with Crippen LogP contribution >= 0.6 is 23.4 Å². The van der Waals surface area contributed by atoms with Gasteiger partial charge in [-0.05, 0) is 32.2 Å². The van der Waals surface area contributed by atoms with Gasteiger partial charge in [-0.25, -0.2) is 0 Å². The van der Waals surface area contributed by atoms with E-state index >= 15 is 0 Å². The fourth-order valence-corrected chi connectivity index (χ4v) is 2.60. The van der Waals surface area contributed by atoms with Crippen LogP contribution in [0, 0.1) is 0 Å². The Morgan fingerprint density at radius 1 is 1.59 bits per heavy atom. The zero-order chi connectivity index (χ0) is 12.9. The Kier molecular flexibility index (Phi) is 5.31. The zero-order valence-electron chi connectivity index (χ0n) is 10.1. The van der Waals surface area contributed by atoms with Crippen LogP contribution in [0.2, 0.25) is 5.02 Å². The molecule has 0 amide bonds. The van der Waals surface area contributed by atoms with Crippen LogP contribution in [0.1, 0.15) is 6.92 Å². The number of esters is 1. The molecule has 1 N–H and O–H groups in total. The van der Waals surface area contributed by atoms with Crippen LogP contribution < -0.4 is 5.32 Å². The third-order valence-electron chi connectivity index (χ3n) is 2.51. The standard InChI is InChI=1S/C12H16ClNO2S/c1-12(14-2,11(15)16-3)8-17-10-6-4-5-9(13)7-10/h4-7,14H,8H2,1-3H3. The Labute approximate surface area is 111 Å². The molecule has 0 spiro atoms. The molecule has 0 saturated carbocycles. The SMILES string of the molecule is CNC(C)(CSc1cccc(Cl)c1)C(=O)OC. The highest BCUT2D eigenvalue weighted by atomic mass is 35.5. The summed E-state index contributed by atoms with van der Waals surface area (Å²) in [5, 5.41) is 3.68. The zero-order valence-corrected chi connectivity index (χ0v) is 11.7. The van der Waals surface area contributed by atoms with Crippen LogP contribution in [-0.4, -0.2) is 31.4 Å². The molecule has 1 atom stereocenters. The minimum absolute atomic E-state index is 0.269. The van der Waals surface area contributed by atoms with Crippen LogP contribution in [0.3, 0.4) is 0 Å². The third kappa shape index (κ3) is 3.91. The molecular formula is C12H16ClNO2S. The van der Waals surface area contributed by atoms with Gasteiger partial charge < -0.3 is 10.1 Å². The smallest absolute Gasteiger partial charge is 0.326 e. The summed E-state index contributed by atoms with van der Waals surface area (Å²) in [7, 11) is 3.14. The number of rotatable bonds is 5. The second kappa shape index (κ2) is 6.28. The van der Waals surface area contributed by atoms with Crippen molar-refractivity contribution in [2.75, 3.05) is 19.9 Å². The third-order valence-corrected chi connectivity index (χ3v) is 4.06. The molecule has 0 fully saturated rings. The summed E-state index contributed by atoms with van der Waals surface area (Å²) >= 11 is 7.46. The molecular weight excluding hydrogens is 258 g/mol. The van der Waals surface area contributed by atoms with Crippen molar-refractivity contribution in [3.63, 3.8) is 0 Å². The minimum atomic E-state index is -0.693. The summed E-state index contributed by atoms with van der Waals surface area (Å²) in [5.41, 5.74) is -0.693. The van der Waals surface area contributed by atoms with Crippen LogP contribution in [-0.2, 0) is 9.53 Å². The number of carbonyl (C=O) groups excluding carboxylic acids is 1. The Morgan fingerprint density at radius 3 is 2.82 bits per heavy atom. The van der Waals surface area contributed by atoms with Gasteiger partial charge in [-0.15, -0.1) is 11.8 Å². The van der Waals surface area contributed by atoms with Crippen LogP contribution in [0.25, 0.3) is 0 Å². The fraction of sp³-hybridized carbons (Fsp3) is 0.417. The number of halogens is 1. The van der Waals surface area contributed by atoms with Gasteiger partial charge in [0, 0.05) is 15.7 Å². The van der Waals surface area contributed by atoms with E-state index in [2.05, 4.69) is 5.32 Å². The Morgan fingerprint density at radius 2 is 2.29 bits per heavy atom. The van der Waals surface area contributed by atoms with Crippen molar-refractivity contribution < 1.29 is 9.53 Å². The van der Waals surface area contributed by atoms with Gasteiger partial charge in [-0.3, -0.25) is 4.79 Å². The molecule has 1 aromatic rings. The average molecular weight is 274 g/mol. The number of likely N-dealkylation sites (N-methyl/N-ethyl adjacent to an activating group) is 1. The van der Waals surface area contributed by atoms with E-state index in [1.165, 1.54) is 7.11 Å². The van der Waals surface area contributed by atoms with Gasteiger partial charge >= 0.3 is 5.97 Å². The van der Waals surface area contributed by atoms with Crippen molar-refractivity contribution in [3.8, 4) is 0 Å². The number of nitrogens with one attached hydrogen (secondary N) is 1. The lowest BCUT2D eigenvalue weighted by Gasteiger charge is -2.25. The molecule has 3 nitrogen and oxygen atoms in total. The van der Waals surface area contributed by atoms with E-state index in [0.29, 0.717) is 10.8 Å². The Hall–Kier alpha value is -0.710. The first-order chi connectivity index (χ1) is 8.01. The summed E-state index contributed by atoms with van der Waals surface area (Å²) in [6, 6.07) is 7.55. The number of thioether (sulfide) groups is 1. The molecule has 94 valence electrons. The first-order valence-electron chi connectivity index (χ1n) is 5.17. The summed E-state index contributed by atoms with van der Waals surface area (Å²) in [4.78, 5) is 12.7. The molecule has 17 heavy (non-hydrogen) atoms. The first kappa shape index (κ1) is 14.4. The normalized spacial score (nSPS) is 14.1. The molecule has 0 bridgehead atoms. The van der Waals surface area contributed by atoms with E-state index in [4.69, 9.17) is 16.3 Å². The molecule has 0 heterocycles. The molecule has 5 heteroatoms. The van der Waals surface area contributed by atoms with Gasteiger partial charge in [0.15, 0.2) is 0 Å². The van der Waals surface area contributed by atoms with E-state index in [1.807, 2.05) is 31.2 Å². The lowest BCUT2D eigenvalue weighted by atomic mass is 10.1. The molecule has 1 rings (SSSR count). The molecule has 0 saturated heterocycles. The van der Waals surface area contributed by atoms with Crippen molar-refractivity contribution in [1.82, 2.24) is 5.32 Å². The number of carbonyl (C=O) groups is 1. The highest BCUT2D eigenvalue weighted by molar-refractivity contribution is 7.99. The summed E-state index contributed by atoms with van der Waals surface area (Å²) < 4.78 is 4.78. The fourth-order valence-electron chi connectivity index (χ4n) is 1.24. The molecule has 0 aliphatic heterocycles. The molecule has 1 aromatic carbocycles. The van der Waals surface area contributed by atoms with Gasteiger partial charge in [-0.2, -0.15) is 0 Å². The first-order valence-corrected chi connectivity index (χ1v) is 6.54. The van der Waals surface area contributed by atoms with Gasteiger partial charge in [0.25, 0.3) is 0 Å². The number of hydrogen-bond acceptors (Lipinski definition) is 4. The van der Waals surface area contributed by atoms with E-state index < -0.39 is 5.54 Å². The Bertz CT molecular complexity index is 400.